The highest BCUT2D eigenvalue weighted by atomic mass is 16.5. The number of methoxy groups -OCH3 is 2. The van der Waals surface area contributed by atoms with Crippen molar-refractivity contribution in [1.29, 1.82) is 0 Å². The van der Waals surface area contributed by atoms with Crippen LogP contribution in [0.5, 0.6) is 0 Å². The Balaban J connectivity index is 2.46. The zero-order valence-corrected chi connectivity index (χ0v) is 13.0. The van der Waals surface area contributed by atoms with Crippen molar-refractivity contribution in [2.24, 2.45) is 0 Å². The van der Waals surface area contributed by atoms with E-state index in [-0.39, 0.29) is 18.4 Å². The molecule has 0 heterocycles. The number of hydrogen-bond donors (Lipinski definition) is 3. The van der Waals surface area contributed by atoms with Crippen LogP contribution in [-0.2, 0) is 14.3 Å². The van der Waals surface area contributed by atoms with Crippen LogP contribution >= 0.6 is 0 Å². The summed E-state index contributed by atoms with van der Waals surface area (Å²) in [6.07, 6.45) is 0. The van der Waals surface area contributed by atoms with Crippen LogP contribution < -0.4 is 16.0 Å². The maximum Gasteiger partial charge on any atom is 0.251 e. The molecule has 0 saturated heterocycles. The first kappa shape index (κ1) is 18.1. The SMILES string of the molecule is COCCNCC(=O)Nc1cccc(C(=O)NCCOC)c1. The van der Waals surface area contributed by atoms with E-state index < -0.39 is 0 Å². The average molecular weight is 309 g/mol. The van der Waals surface area contributed by atoms with Gasteiger partial charge in [0.25, 0.3) is 5.91 Å². The molecule has 0 aliphatic rings. The molecule has 0 aliphatic carbocycles. The van der Waals surface area contributed by atoms with Crippen LogP contribution in [0, 0.1) is 0 Å². The minimum absolute atomic E-state index is 0.173. The maximum atomic E-state index is 11.9. The number of rotatable bonds is 10. The van der Waals surface area contributed by atoms with Gasteiger partial charge in [0.2, 0.25) is 5.91 Å². The smallest absolute Gasteiger partial charge is 0.251 e. The normalized spacial score (nSPS) is 10.3. The topological polar surface area (TPSA) is 88.7 Å². The van der Waals surface area contributed by atoms with Gasteiger partial charge in [-0.1, -0.05) is 6.07 Å². The molecule has 1 rings (SSSR count). The fourth-order valence-corrected chi connectivity index (χ4v) is 1.69. The first-order valence-electron chi connectivity index (χ1n) is 7.04. The number of ether oxygens (including phenoxy) is 2. The van der Waals surface area contributed by atoms with Gasteiger partial charge in [-0.25, -0.2) is 0 Å². The fourth-order valence-electron chi connectivity index (χ4n) is 1.69. The number of carbonyl (C=O) groups is 2. The molecule has 0 aliphatic heterocycles. The molecule has 3 N–H and O–H groups in total. The lowest BCUT2D eigenvalue weighted by Gasteiger charge is -2.09. The van der Waals surface area contributed by atoms with E-state index in [1.807, 2.05) is 0 Å². The van der Waals surface area contributed by atoms with E-state index in [0.717, 1.165) is 0 Å². The second-order valence-electron chi connectivity index (χ2n) is 4.55. The quantitative estimate of drug-likeness (QED) is 0.539. The predicted octanol–water partition coefficient (Wildman–Crippen LogP) is 0.237. The summed E-state index contributed by atoms with van der Waals surface area (Å²) in [4.78, 5) is 23.6. The number of hydrogen-bond acceptors (Lipinski definition) is 5. The summed E-state index contributed by atoms with van der Waals surface area (Å²) >= 11 is 0. The van der Waals surface area contributed by atoms with Crippen LogP contribution in [0.3, 0.4) is 0 Å². The van der Waals surface area contributed by atoms with Gasteiger partial charge in [0, 0.05) is 38.6 Å². The van der Waals surface area contributed by atoms with Crippen LogP contribution in [-0.4, -0.2) is 58.9 Å². The first-order valence-corrected chi connectivity index (χ1v) is 7.04. The molecule has 0 unspecified atom stereocenters. The van der Waals surface area contributed by atoms with Crippen LogP contribution in [0.2, 0.25) is 0 Å². The predicted molar refractivity (Wildman–Crippen MR) is 84.0 cm³/mol. The Morgan fingerprint density at radius 2 is 1.82 bits per heavy atom. The summed E-state index contributed by atoms with van der Waals surface area (Å²) in [7, 11) is 3.17. The van der Waals surface area contributed by atoms with Crippen molar-refractivity contribution >= 4 is 17.5 Å². The minimum atomic E-state index is -0.202. The number of amides is 2. The van der Waals surface area contributed by atoms with E-state index in [0.29, 0.717) is 37.6 Å². The standard InChI is InChI=1S/C15H23N3O4/c1-21-8-6-16-11-14(19)18-13-5-3-4-12(10-13)15(20)17-7-9-22-2/h3-5,10,16H,6-9,11H2,1-2H3,(H,17,20)(H,18,19). The zero-order chi connectivity index (χ0) is 16.2. The molecule has 0 bridgehead atoms. The Hall–Kier alpha value is -1.96. The third kappa shape index (κ3) is 7.16. The third-order valence-electron chi connectivity index (χ3n) is 2.77. The lowest BCUT2D eigenvalue weighted by atomic mass is 10.2. The van der Waals surface area contributed by atoms with Crippen molar-refractivity contribution < 1.29 is 19.1 Å². The Morgan fingerprint density at radius 3 is 2.55 bits per heavy atom. The van der Waals surface area contributed by atoms with Crippen molar-refractivity contribution in [3.05, 3.63) is 29.8 Å². The Morgan fingerprint density at radius 1 is 1.09 bits per heavy atom. The van der Waals surface area contributed by atoms with E-state index in [4.69, 9.17) is 9.47 Å². The van der Waals surface area contributed by atoms with Gasteiger partial charge in [0.15, 0.2) is 0 Å². The van der Waals surface area contributed by atoms with Crippen molar-refractivity contribution in [2.75, 3.05) is 52.4 Å². The van der Waals surface area contributed by atoms with Crippen molar-refractivity contribution in [3.63, 3.8) is 0 Å². The summed E-state index contributed by atoms with van der Waals surface area (Å²) in [6, 6.07) is 6.78. The lowest BCUT2D eigenvalue weighted by Crippen LogP contribution is -2.30. The van der Waals surface area contributed by atoms with Gasteiger partial charge in [-0.15, -0.1) is 0 Å². The maximum absolute atomic E-state index is 11.9. The molecule has 7 nitrogen and oxygen atoms in total. The summed E-state index contributed by atoms with van der Waals surface area (Å²) in [5, 5.41) is 8.41. The summed E-state index contributed by atoms with van der Waals surface area (Å²) in [5.41, 5.74) is 1.07. The van der Waals surface area contributed by atoms with Gasteiger partial charge in [-0.2, -0.15) is 0 Å². The summed E-state index contributed by atoms with van der Waals surface area (Å²) < 4.78 is 9.75. The average Bonchev–Trinajstić information content (AvgIpc) is 2.52. The lowest BCUT2D eigenvalue weighted by molar-refractivity contribution is -0.115. The van der Waals surface area contributed by atoms with E-state index >= 15 is 0 Å². The summed E-state index contributed by atoms with van der Waals surface area (Å²) in [6.45, 7) is 2.23. The van der Waals surface area contributed by atoms with Gasteiger partial charge in [0.1, 0.15) is 0 Å². The molecule has 0 fully saturated rings. The minimum Gasteiger partial charge on any atom is -0.383 e. The molecular weight excluding hydrogens is 286 g/mol. The summed E-state index contributed by atoms with van der Waals surface area (Å²) in [5.74, 6) is -0.376. The molecular formula is C15H23N3O4. The van der Waals surface area contributed by atoms with Gasteiger partial charge >= 0.3 is 0 Å². The Bertz CT molecular complexity index is 480. The second kappa shape index (κ2) is 10.7. The molecule has 0 radical (unpaired) electrons. The monoisotopic (exact) mass is 309 g/mol. The molecule has 1 aromatic rings. The van der Waals surface area contributed by atoms with Crippen LogP contribution in [0.15, 0.2) is 24.3 Å². The third-order valence-corrected chi connectivity index (χ3v) is 2.77. The van der Waals surface area contributed by atoms with Crippen molar-refractivity contribution in [3.8, 4) is 0 Å². The molecule has 0 aromatic heterocycles. The zero-order valence-electron chi connectivity index (χ0n) is 13.0. The van der Waals surface area contributed by atoms with E-state index in [1.54, 1.807) is 38.5 Å². The van der Waals surface area contributed by atoms with Crippen molar-refractivity contribution in [2.45, 2.75) is 0 Å². The van der Waals surface area contributed by atoms with E-state index in [9.17, 15) is 9.59 Å². The van der Waals surface area contributed by atoms with Crippen molar-refractivity contribution in [1.82, 2.24) is 10.6 Å². The molecule has 2 amide bonds. The fraction of sp³-hybridized carbons (Fsp3) is 0.467. The number of benzene rings is 1. The van der Waals surface area contributed by atoms with Crippen LogP contribution in [0.4, 0.5) is 5.69 Å². The Kier molecular flexibility index (Phi) is 8.82. The largest absolute Gasteiger partial charge is 0.383 e. The molecule has 0 saturated carbocycles. The number of anilines is 1. The first-order chi connectivity index (χ1) is 10.7. The Labute approximate surface area is 130 Å². The number of nitrogens with one attached hydrogen (secondary N) is 3. The molecule has 7 heteroatoms. The van der Waals surface area contributed by atoms with Gasteiger partial charge in [-0.3, -0.25) is 9.59 Å². The van der Waals surface area contributed by atoms with E-state index in [2.05, 4.69) is 16.0 Å². The van der Waals surface area contributed by atoms with E-state index in [1.165, 1.54) is 0 Å². The molecule has 0 spiro atoms. The number of carbonyl (C=O) groups excluding carboxylic acids is 2. The van der Waals surface area contributed by atoms with Crippen LogP contribution in [0.25, 0.3) is 0 Å². The van der Waals surface area contributed by atoms with Gasteiger partial charge in [-0.05, 0) is 18.2 Å². The molecule has 1 aromatic carbocycles. The highest BCUT2D eigenvalue weighted by Gasteiger charge is 2.07. The van der Waals surface area contributed by atoms with Gasteiger partial charge < -0.3 is 25.4 Å². The highest BCUT2D eigenvalue weighted by Crippen LogP contribution is 2.10. The highest BCUT2D eigenvalue weighted by molar-refractivity contribution is 5.97. The molecule has 0 atom stereocenters. The molecule has 122 valence electrons. The molecule has 22 heavy (non-hydrogen) atoms. The second-order valence-corrected chi connectivity index (χ2v) is 4.55. The van der Waals surface area contributed by atoms with Gasteiger partial charge in [0.05, 0.1) is 19.8 Å². The van der Waals surface area contributed by atoms with Crippen LogP contribution in [0.1, 0.15) is 10.4 Å².